The third-order valence-corrected chi connectivity index (χ3v) is 7.40. The number of hydrazine groups is 1. The van der Waals surface area contributed by atoms with E-state index in [9.17, 15) is 22.8 Å². The van der Waals surface area contributed by atoms with Crippen molar-refractivity contribution in [2.24, 2.45) is 0 Å². The summed E-state index contributed by atoms with van der Waals surface area (Å²) in [7, 11) is -3.56. The number of sulfonamides is 1. The largest absolute Gasteiger partial charge is 0.290 e. The van der Waals surface area contributed by atoms with Gasteiger partial charge in [-0.25, -0.2) is 13.1 Å². The first-order valence-electron chi connectivity index (χ1n) is 11.1. The van der Waals surface area contributed by atoms with Crippen molar-refractivity contribution in [2.45, 2.75) is 32.2 Å². The third-order valence-electron chi connectivity index (χ3n) is 5.33. The van der Waals surface area contributed by atoms with Crippen molar-refractivity contribution < 1.29 is 18.0 Å². The summed E-state index contributed by atoms with van der Waals surface area (Å²) in [4.78, 5) is 37.4. The monoisotopic (exact) mass is 497 g/mol. The molecule has 35 heavy (non-hydrogen) atoms. The van der Waals surface area contributed by atoms with Gasteiger partial charge in [-0.15, -0.1) is 0 Å². The van der Waals surface area contributed by atoms with Crippen LogP contribution in [0.15, 0.2) is 64.3 Å². The van der Waals surface area contributed by atoms with Gasteiger partial charge in [0.25, 0.3) is 17.4 Å². The third kappa shape index (κ3) is 5.64. The molecule has 1 heterocycles. The molecule has 0 bridgehead atoms. The van der Waals surface area contributed by atoms with E-state index in [0.29, 0.717) is 29.4 Å². The molecule has 10 nitrogen and oxygen atoms in total. The minimum absolute atomic E-state index is 0.0105. The van der Waals surface area contributed by atoms with Crippen molar-refractivity contribution in [1.82, 2.24) is 24.9 Å². The average molecular weight is 498 g/mol. The molecule has 184 valence electrons. The summed E-state index contributed by atoms with van der Waals surface area (Å²) >= 11 is 0. The average Bonchev–Trinajstić information content (AvgIpc) is 2.87. The molecule has 0 saturated heterocycles. The topological polar surface area (TPSA) is 130 Å². The van der Waals surface area contributed by atoms with Gasteiger partial charge < -0.3 is 0 Å². The van der Waals surface area contributed by atoms with Crippen molar-refractivity contribution in [2.75, 3.05) is 13.1 Å². The van der Waals surface area contributed by atoms with E-state index in [1.54, 1.807) is 57.2 Å². The molecule has 0 spiro atoms. The predicted molar refractivity (Wildman–Crippen MR) is 133 cm³/mol. The van der Waals surface area contributed by atoms with Crippen molar-refractivity contribution in [1.29, 1.82) is 0 Å². The van der Waals surface area contributed by atoms with Crippen molar-refractivity contribution >= 4 is 38.7 Å². The molecule has 2 N–H and O–H groups in total. The molecule has 0 fully saturated rings. The van der Waals surface area contributed by atoms with Crippen LogP contribution in [0.4, 0.5) is 0 Å². The first-order valence-corrected chi connectivity index (χ1v) is 12.5. The molecule has 2 aromatic carbocycles. The number of hydrogen-bond acceptors (Lipinski definition) is 6. The van der Waals surface area contributed by atoms with Crippen LogP contribution < -0.4 is 16.4 Å². The van der Waals surface area contributed by atoms with Gasteiger partial charge in [-0.3, -0.25) is 25.2 Å². The number of amides is 2. The Morgan fingerprint density at radius 1 is 0.971 bits per heavy atom. The molecule has 3 rings (SSSR count). The molecule has 3 aromatic rings. The number of benzene rings is 2. The van der Waals surface area contributed by atoms with Gasteiger partial charge >= 0.3 is 0 Å². The highest BCUT2D eigenvalue weighted by molar-refractivity contribution is 7.89. The summed E-state index contributed by atoms with van der Waals surface area (Å²) < 4.78 is 27.7. The lowest BCUT2D eigenvalue weighted by atomic mass is 10.1. The standard InChI is InChI=1S/C24H27N5O5S/c1-4-28(5-2)35(33,34)18-14-11-17(12-15-18)13-16-21(30)25-26-23(31)22-19-9-7-8-10-20(19)24(32)29(6-3)27-22/h7-16H,4-6H2,1-3H3,(H,25,30)(H,26,31)/b16-13+. The van der Waals surface area contributed by atoms with E-state index in [0.717, 1.165) is 0 Å². The number of fused-ring (bicyclic) bond motifs is 1. The molecule has 0 radical (unpaired) electrons. The molecule has 1 aromatic heterocycles. The molecule has 0 saturated carbocycles. The first kappa shape index (κ1) is 25.8. The zero-order chi connectivity index (χ0) is 25.6. The van der Waals surface area contributed by atoms with Gasteiger partial charge in [0.15, 0.2) is 5.69 Å². The second-order valence-electron chi connectivity index (χ2n) is 7.45. The highest BCUT2D eigenvalue weighted by atomic mass is 32.2. The SMILES string of the molecule is CCN(CC)S(=O)(=O)c1ccc(/C=C/C(=O)NNC(=O)c2nn(CC)c(=O)c3ccccc23)cc1. The second-order valence-corrected chi connectivity index (χ2v) is 9.39. The van der Waals surface area contributed by atoms with Crippen LogP contribution in [0.3, 0.4) is 0 Å². The highest BCUT2D eigenvalue weighted by Gasteiger charge is 2.21. The van der Waals surface area contributed by atoms with E-state index in [2.05, 4.69) is 16.0 Å². The Kier molecular flexibility index (Phi) is 8.15. The zero-order valence-electron chi connectivity index (χ0n) is 19.7. The number of aromatic nitrogens is 2. The maximum Gasteiger partial charge on any atom is 0.290 e. The molecular formula is C24H27N5O5S. The van der Waals surface area contributed by atoms with Gasteiger partial charge in [0, 0.05) is 31.1 Å². The fraction of sp³-hybridized carbons (Fsp3) is 0.250. The van der Waals surface area contributed by atoms with Gasteiger partial charge in [-0.05, 0) is 36.8 Å². The van der Waals surface area contributed by atoms with Crippen LogP contribution in [0.5, 0.6) is 0 Å². The lowest BCUT2D eigenvalue weighted by molar-refractivity contribution is -0.117. The summed E-state index contributed by atoms with van der Waals surface area (Å²) in [5.74, 6) is -1.28. The highest BCUT2D eigenvalue weighted by Crippen LogP contribution is 2.17. The Morgan fingerprint density at radius 2 is 1.60 bits per heavy atom. The maximum absolute atomic E-state index is 12.7. The zero-order valence-corrected chi connectivity index (χ0v) is 20.5. The summed E-state index contributed by atoms with van der Waals surface area (Å²) in [5, 5.41) is 4.85. The molecule has 0 aliphatic heterocycles. The minimum Gasteiger partial charge on any atom is -0.268 e. The van der Waals surface area contributed by atoms with Crippen LogP contribution in [-0.2, 0) is 21.4 Å². The quantitative estimate of drug-likeness (QED) is 0.361. The van der Waals surface area contributed by atoms with Crippen LogP contribution in [0.2, 0.25) is 0 Å². The molecular weight excluding hydrogens is 470 g/mol. The Hall–Kier alpha value is -3.83. The smallest absolute Gasteiger partial charge is 0.268 e. The maximum atomic E-state index is 12.7. The van der Waals surface area contributed by atoms with Crippen LogP contribution in [0.25, 0.3) is 16.8 Å². The van der Waals surface area contributed by atoms with E-state index >= 15 is 0 Å². The van der Waals surface area contributed by atoms with Gasteiger partial charge in [0.2, 0.25) is 10.0 Å². The van der Waals surface area contributed by atoms with E-state index in [-0.39, 0.29) is 22.7 Å². The fourth-order valence-electron chi connectivity index (χ4n) is 3.47. The lowest BCUT2D eigenvalue weighted by Crippen LogP contribution is -2.42. The molecule has 2 amide bonds. The molecule has 0 aliphatic rings. The number of aryl methyl sites for hydroxylation is 1. The van der Waals surface area contributed by atoms with E-state index in [1.807, 2.05) is 0 Å². The van der Waals surface area contributed by atoms with Gasteiger partial charge in [0.05, 0.1) is 10.3 Å². The Labute approximate surface area is 203 Å². The Balaban J connectivity index is 1.68. The summed E-state index contributed by atoms with van der Waals surface area (Å²) in [6.45, 7) is 6.31. The van der Waals surface area contributed by atoms with Gasteiger partial charge in [-0.2, -0.15) is 9.40 Å². The summed E-state index contributed by atoms with van der Waals surface area (Å²) in [6.07, 6.45) is 2.69. The summed E-state index contributed by atoms with van der Waals surface area (Å²) in [5.41, 5.74) is 4.89. The van der Waals surface area contributed by atoms with Crippen molar-refractivity contribution in [3.63, 3.8) is 0 Å². The van der Waals surface area contributed by atoms with E-state index < -0.39 is 21.8 Å². The number of rotatable bonds is 8. The molecule has 0 aliphatic carbocycles. The lowest BCUT2D eigenvalue weighted by Gasteiger charge is -2.18. The van der Waals surface area contributed by atoms with E-state index in [1.165, 1.54) is 33.3 Å². The van der Waals surface area contributed by atoms with Crippen LogP contribution in [0, 0.1) is 0 Å². The van der Waals surface area contributed by atoms with Crippen molar-refractivity contribution in [3.05, 3.63) is 76.2 Å². The number of nitrogens with one attached hydrogen (secondary N) is 2. The fourth-order valence-corrected chi connectivity index (χ4v) is 4.93. The van der Waals surface area contributed by atoms with Crippen molar-refractivity contribution in [3.8, 4) is 0 Å². The van der Waals surface area contributed by atoms with Gasteiger partial charge in [0.1, 0.15) is 0 Å². The van der Waals surface area contributed by atoms with Crippen LogP contribution in [-0.4, -0.2) is 47.4 Å². The van der Waals surface area contributed by atoms with Crippen LogP contribution in [0.1, 0.15) is 36.8 Å². The minimum atomic E-state index is -3.56. The number of carbonyl (C=O) groups excluding carboxylic acids is 2. The van der Waals surface area contributed by atoms with E-state index in [4.69, 9.17) is 0 Å². The Morgan fingerprint density at radius 3 is 2.20 bits per heavy atom. The number of nitrogens with zero attached hydrogens (tertiary/aromatic N) is 3. The van der Waals surface area contributed by atoms with Gasteiger partial charge in [-0.1, -0.05) is 44.2 Å². The summed E-state index contributed by atoms with van der Waals surface area (Å²) in [6, 6.07) is 12.7. The number of carbonyl (C=O) groups is 2. The van der Waals surface area contributed by atoms with Crippen LogP contribution >= 0.6 is 0 Å². The first-order chi connectivity index (χ1) is 16.7. The molecule has 0 unspecified atom stereocenters. The molecule has 0 atom stereocenters. The second kappa shape index (κ2) is 11.1. The molecule has 11 heteroatoms. The normalized spacial score (nSPS) is 11.8. The Bertz CT molecular complexity index is 1420. The number of hydrogen-bond donors (Lipinski definition) is 2. The predicted octanol–water partition coefficient (Wildman–Crippen LogP) is 1.92.